The van der Waals surface area contributed by atoms with Crippen molar-refractivity contribution in [3.05, 3.63) is 129 Å². The van der Waals surface area contributed by atoms with Crippen LogP contribution in [-0.2, 0) is 0 Å². The molecule has 0 radical (unpaired) electrons. The van der Waals surface area contributed by atoms with Crippen molar-refractivity contribution in [1.82, 2.24) is 9.99 Å². The Morgan fingerprint density at radius 3 is 2.54 bits per heavy atom. The maximum atomic E-state index is 14.9. The molecule has 1 aliphatic rings. The molecule has 1 aliphatic heterocycles. The Morgan fingerprint density at radius 2 is 1.78 bits per heavy atom. The lowest BCUT2D eigenvalue weighted by molar-refractivity contribution is 0.0676. The van der Waals surface area contributed by atoms with Gasteiger partial charge in [0.2, 0.25) is 0 Å². The third-order valence-electron chi connectivity index (χ3n) is 6.44. The van der Waals surface area contributed by atoms with Crippen LogP contribution in [0.3, 0.4) is 0 Å². The molecule has 2 aromatic heterocycles. The molecule has 5 aromatic rings. The molecule has 37 heavy (non-hydrogen) atoms. The quantitative estimate of drug-likeness (QED) is 0.296. The van der Waals surface area contributed by atoms with Gasteiger partial charge in [0.15, 0.2) is 5.76 Å². The number of nitrogens with one attached hydrogen (secondary N) is 1. The highest BCUT2D eigenvalue weighted by Crippen LogP contribution is 2.38. The summed E-state index contributed by atoms with van der Waals surface area (Å²) in [5.41, 5.74) is 2.63. The first-order chi connectivity index (χ1) is 18.0. The van der Waals surface area contributed by atoms with Crippen molar-refractivity contribution in [3.8, 4) is 11.1 Å². The number of hydrogen-bond acceptors (Lipinski definition) is 4. The predicted molar refractivity (Wildman–Crippen MR) is 140 cm³/mol. The SMILES string of the molecule is O=C(c1ccco1)N1N=C(c2c(-c3ccccc3)c3cc(Cl)ccc3[nH]c2=O)C[C@@H]1c1ccccc1F. The number of carbonyl (C=O) groups is 1. The average Bonchev–Trinajstić information content (AvgIpc) is 3.60. The molecule has 8 heteroatoms. The number of hydrogen-bond donors (Lipinski definition) is 1. The highest BCUT2D eigenvalue weighted by molar-refractivity contribution is 6.31. The number of rotatable bonds is 4. The lowest BCUT2D eigenvalue weighted by atomic mass is 9.91. The van der Waals surface area contributed by atoms with E-state index in [9.17, 15) is 14.0 Å². The first-order valence-electron chi connectivity index (χ1n) is 11.6. The summed E-state index contributed by atoms with van der Waals surface area (Å²) in [6.07, 6.45) is 1.51. The molecule has 0 unspecified atom stereocenters. The Labute approximate surface area is 215 Å². The van der Waals surface area contributed by atoms with Gasteiger partial charge < -0.3 is 9.40 Å². The molecular weight excluding hydrogens is 493 g/mol. The minimum Gasteiger partial charge on any atom is -0.459 e. The van der Waals surface area contributed by atoms with Gasteiger partial charge in [0, 0.05) is 33.5 Å². The fraction of sp³-hybridized carbons (Fsp3) is 0.0690. The van der Waals surface area contributed by atoms with Crippen LogP contribution in [0.1, 0.15) is 34.1 Å². The van der Waals surface area contributed by atoms with E-state index in [1.165, 1.54) is 23.4 Å². The van der Waals surface area contributed by atoms with Crippen LogP contribution in [0.25, 0.3) is 22.0 Å². The maximum Gasteiger partial charge on any atom is 0.310 e. The number of fused-ring (bicyclic) bond motifs is 1. The lowest BCUT2D eigenvalue weighted by Gasteiger charge is -2.21. The van der Waals surface area contributed by atoms with Gasteiger partial charge in [-0.1, -0.05) is 60.1 Å². The summed E-state index contributed by atoms with van der Waals surface area (Å²) in [6, 6.07) is 23.3. The van der Waals surface area contributed by atoms with E-state index in [1.54, 1.807) is 42.5 Å². The number of aromatic amines is 1. The molecule has 0 fully saturated rings. The van der Waals surface area contributed by atoms with Crippen molar-refractivity contribution >= 4 is 34.1 Å². The number of aromatic nitrogens is 1. The molecule has 6 nitrogen and oxygen atoms in total. The van der Waals surface area contributed by atoms with Crippen LogP contribution in [0.15, 0.2) is 106 Å². The second-order valence-corrected chi connectivity index (χ2v) is 9.11. The zero-order valence-corrected chi connectivity index (χ0v) is 20.1. The summed E-state index contributed by atoms with van der Waals surface area (Å²) in [6.45, 7) is 0. The highest BCUT2D eigenvalue weighted by atomic mass is 35.5. The number of amides is 1. The molecular formula is C29H19ClFN3O3. The van der Waals surface area contributed by atoms with E-state index in [-0.39, 0.29) is 17.7 Å². The van der Waals surface area contributed by atoms with Crippen molar-refractivity contribution < 1.29 is 13.6 Å². The van der Waals surface area contributed by atoms with Gasteiger partial charge in [-0.05, 0) is 42.0 Å². The molecule has 6 rings (SSSR count). The van der Waals surface area contributed by atoms with Crippen LogP contribution in [0.4, 0.5) is 4.39 Å². The highest BCUT2D eigenvalue weighted by Gasteiger charge is 2.37. The summed E-state index contributed by atoms with van der Waals surface area (Å²) in [7, 11) is 0. The Hall–Kier alpha value is -4.49. The minimum absolute atomic E-state index is 0.0637. The van der Waals surface area contributed by atoms with Crippen LogP contribution in [0.5, 0.6) is 0 Å². The fourth-order valence-electron chi connectivity index (χ4n) is 4.79. The summed E-state index contributed by atoms with van der Waals surface area (Å²) in [4.78, 5) is 29.8. The molecule has 0 aliphatic carbocycles. The van der Waals surface area contributed by atoms with Crippen LogP contribution in [-0.4, -0.2) is 21.6 Å². The predicted octanol–water partition coefficient (Wildman–Crippen LogP) is 6.57. The molecule has 0 saturated heterocycles. The molecule has 3 aromatic carbocycles. The number of benzene rings is 3. The Balaban J connectivity index is 1.59. The van der Waals surface area contributed by atoms with Crippen LogP contribution >= 0.6 is 11.6 Å². The van der Waals surface area contributed by atoms with E-state index in [0.717, 1.165) is 10.9 Å². The van der Waals surface area contributed by atoms with E-state index >= 15 is 0 Å². The number of furan rings is 1. The zero-order chi connectivity index (χ0) is 25.5. The second-order valence-electron chi connectivity index (χ2n) is 8.68. The van der Waals surface area contributed by atoms with Crippen LogP contribution in [0.2, 0.25) is 5.02 Å². The van der Waals surface area contributed by atoms with Gasteiger partial charge in [0.05, 0.1) is 23.6 Å². The molecule has 0 saturated carbocycles. The van der Waals surface area contributed by atoms with E-state index < -0.39 is 17.8 Å². The number of pyridine rings is 1. The lowest BCUT2D eigenvalue weighted by Crippen LogP contribution is -2.27. The second kappa shape index (κ2) is 9.19. The molecule has 1 amide bonds. The van der Waals surface area contributed by atoms with E-state index in [4.69, 9.17) is 16.0 Å². The van der Waals surface area contributed by atoms with E-state index in [1.807, 2.05) is 30.3 Å². The normalized spacial score (nSPS) is 15.2. The molecule has 3 heterocycles. The van der Waals surface area contributed by atoms with Gasteiger partial charge in [-0.15, -0.1) is 0 Å². The van der Waals surface area contributed by atoms with Gasteiger partial charge in [0.25, 0.3) is 5.56 Å². The van der Waals surface area contributed by atoms with Gasteiger partial charge in [-0.2, -0.15) is 5.10 Å². The number of nitrogens with zero attached hydrogens (tertiary/aromatic N) is 2. The Bertz CT molecular complexity index is 1730. The minimum atomic E-state index is -0.771. The smallest absolute Gasteiger partial charge is 0.310 e. The average molecular weight is 512 g/mol. The number of carbonyl (C=O) groups excluding carboxylic acids is 1. The first kappa shape index (κ1) is 22.9. The molecule has 0 spiro atoms. The summed E-state index contributed by atoms with van der Waals surface area (Å²) < 4.78 is 20.2. The van der Waals surface area contributed by atoms with Crippen molar-refractivity contribution in [2.45, 2.75) is 12.5 Å². The maximum absolute atomic E-state index is 14.9. The van der Waals surface area contributed by atoms with Gasteiger partial charge >= 0.3 is 5.91 Å². The van der Waals surface area contributed by atoms with Crippen molar-refractivity contribution in [1.29, 1.82) is 0 Å². The van der Waals surface area contributed by atoms with Crippen molar-refractivity contribution in [2.75, 3.05) is 0 Å². The van der Waals surface area contributed by atoms with E-state index in [2.05, 4.69) is 10.1 Å². The van der Waals surface area contributed by atoms with Gasteiger partial charge in [-0.25, -0.2) is 9.40 Å². The van der Waals surface area contributed by atoms with E-state index in [0.29, 0.717) is 32.9 Å². The Kier molecular flexibility index (Phi) is 5.70. The summed E-state index contributed by atoms with van der Waals surface area (Å²) in [5, 5.41) is 7.05. The molecule has 1 atom stereocenters. The van der Waals surface area contributed by atoms with Crippen LogP contribution < -0.4 is 5.56 Å². The molecule has 182 valence electrons. The summed E-state index contributed by atoms with van der Waals surface area (Å²) in [5.74, 6) is -0.938. The molecule has 1 N–H and O–H groups in total. The number of halogens is 2. The molecule has 0 bridgehead atoms. The standard InChI is InChI=1S/C29H19ClFN3O3/c30-18-12-13-22-20(15-18)26(17-7-2-1-3-8-17)27(28(35)32-22)23-16-24(19-9-4-5-10-21(19)31)34(33-23)29(36)25-11-6-14-37-25/h1-15,24H,16H2,(H,32,35)/t24-/m1/s1. The summed E-state index contributed by atoms with van der Waals surface area (Å²) >= 11 is 6.35. The first-order valence-corrected chi connectivity index (χ1v) is 12.0. The third kappa shape index (κ3) is 4.03. The number of hydrazone groups is 1. The Morgan fingerprint density at radius 1 is 1.00 bits per heavy atom. The largest absolute Gasteiger partial charge is 0.459 e. The van der Waals surface area contributed by atoms with Gasteiger partial charge in [0.1, 0.15) is 5.82 Å². The zero-order valence-electron chi connectivity index (χ0n) is 19.3. The third-order valence-corrected chi connectivity index (χ3v) is 6.68. The number of H-pyrrole nitrogens is 1. The van der Waals surface area contributed by atoms with Crippen molar-refractivity contribution in [2.24, 2.45) is 5.10 Å². The fourth-order valence-corrected chi connectivity index (χ4v) is 4.97. The van der Waals surface area contributed by atoms with Crippen LogP contribution in [0, 0.1) is 5.82 Å². The van der Waals surface area contributed by atoms with Gasteiger partial charge in [-0.3, -0.25) is 9.59 Å². The van der Waals surface area contributed by atoms with Crippen molar-refractivity contribution in [3.63, 3.8) is 0 Å². The topological polar surface area (TPSA) is 78.7 Å². The monoisotopic (exact) mass is 511 g/mol.